The number of carboxylic acid groups (broad SMARTS) is 1. The summed E-state index contributed by atoms with van der Waals surface area (Å²) in [6, 6.07) is 8.56. The van der Waals surface area contributed by atoms with Crippen LogP contribution in [0.3, 0.4) is 0 Å². The van der Waals surface area contributed by atoms with Crippen molar-refractivity contribution in [2.75, 3.05) is 0 Å². The number of benzene rings is 1. The summed E-state index contributed by atoms with van der Waals surface area (Å²) >= 11 is 0. The molecule has 0 amide bonds. The van der Waals surface area contributed by atoms with E-state index in [0.717, 1.165) is 6.07 Å². The Balaban J connectivity index is 2.16. The molecule has 2 rings (SSSR count). The maximum absolute atomic E-state index is 13.6. The summed E-state index contributed by atoms with van der Waals surface area (Å²) in [5, 5.41) is 17.6. The zero-order valence-corrected chi connectivity index (χ0v) is 10.2. The number of pyridine rings is 1. The van der Waals surface area contributed by atoms with Crippen LogP contribution >= 0.6 is 0 Å². The van der Waals surface area contributed by atoms with Gasteiger partial charge in [-0.2, -0.15) is 5.26 Å². The van der Waals surface area contributed by atoms with Gasteiger partial charge < -0.3 is 9.84 Å². The normalized spacial score (nSPS) is 9.80. The molecule has 0 radical (unpaired) electrons. The monoisotopic (exact) mass is 272 g/mol. The van der Waals surface area contributed by atoms with Gasteiger partial charge in [-0.25, -0.2) is 14.2 Å². The van der Waals surface area contributed by atoms with Crippen molar-refractivity contribution in [3.8, 4) is 11.8 Å². The highest BCUT2D eigenvalue weighted by Crippen LogP contribution is 2.20. The molecule has 0 saturated heterocycles. The summed E-state index contributed by atoms with van der Waals surface area (Å²) < 4.78 is 18.9. The van der Waals surface area contributed by atoms with E-state index >= 15 is 0 Å². The first-order chi connectivity index (χ1) is 9.61. The fourth-order valence-electron chi connectivity index (χ4n) is 1.56. The maximum Gasteiger partial charge on any atom is 0.335 e. The third-order valence-electron chi connectivity index (χ3n) is 2.56. The van der Waals surface area contributed by atoms with Gasteiger partial charge >= 0.3 is 5.97 Å². The van der Waals surface area contributed by atoms with Crippen molar-refractivity contribution in [3.63, 3.8) is 0 Å². The lowest BCUT2D eigenvalue weighted by molar-refractivity contribution is 0.0696. The Labute approximate surface area is 113 Å². The van der Waals surface area contributed by atoms with Crippen LogP contribution in [0.5, 0.6) is 5.75 Å². The maximum atomic E-state index is 13.6. The van der Waals surface area contributed by atoms with E-state index in [-0.39, 0.29) is 23.6 Å². The second kappa shape index (κ2) is 5.80. The quantitative estimate of drug-likeness (QED) is 0.923. The number of carboxylic acids is 1. The van der Waals surface area contributed by atoms with Crippen LogP contribution < -0.4 is 4.74 Å². The molecule has 0 unspecified atom stereocenters. The number of carbonyl (C=O) groups is 1. The molecule has 0 bridgehead atoms. The lowest BCUT2D eigenvalue weighted by atomic mass is 10.2. The van der Waals surface area contributed by atoms with E-state index in [1.807, 2.05) is 6.07 Å². The number of nitriles is 1. The number of rotatable bonds is 4. The third-order valence-corrected chi connectivity index (χ3v) is 2.56. The van der Waals surface area contributed by atoms with Crippen molar-refractivity contribution in [2.45, 2.75) is 6.61 Å². The Morgan fingerprint density at radius 2 is 2.25 bits per heavy atom. The lowest BCUT2D eigenvalue weighted by Crippen LogP contribution is -2.03. The van der Waals surface area contributed by atoms with Crippen LogP contribution in [0.15, 0.2) is 36.5 Å². The van der Waals surface area contributed by atoms with Gasteiger partial charge in [0.1, 0.15) is 18.4 Å². The summed E-state index contributed by atoms with van der Waals surface area (Å²) in [5.41, 5.74) is 0.570. The predicted molar refractivity (Wildman–Crippen MR) is 66.6 cm³/mol. The van der Waals surface area contributed by atoms with Crippen LogP contribution in [0.25, 0.3) is 0 Å². The smallest absolute Gasteiger partial charge is 0.335 e. The zero-order valence-electron chi connectivity index (χ0n) is 10.2. The first kappa shape index (κ1) is 13.5. The van der Waals surface area contributed by atoms with E-state index in [0.29, 0.717) is 5.56 Å². The average molecular weight is 272 g/mol. The molecule has 1 heterocycles. The van der Waals surface area contributed by atoms with Crippen molar-refractivity contribution in [3.05, 3.63) is 59.2 Å². The highest BCUT2D eigenvalue weighted by molar-refractivity contribution is 5.87. The van der Waals surface area contributed by atoms with Crippen molar-refractivity contribution in [1.29, 1.82) is 5.26 Å². The van der Waals surface area contributed by atoms with E-state index in [1.54, 1.807) is 12.1 Å². The van der Waals surface area contributed by atoms with Crippen LogP contribution in [0.1, 0.15) is 21.6 Å². The van der Waals surface area contributed by atoms with Crippen molar-refractivity contribution in [1.82, 2.24) is 4.98 Å². The molecule has 100 valence electrons. The van der Waals surface area contributed by atoms with Crippen LogP contribution in [0.4, 0.5) is 4.39 Å². The molecule has 1 aromatic carbocycles. The Bertz CT molecular complexity index is 695. The minimum atomic E-state index is -1.21. The molecule has 0 saturated carbocycles. The van der Waals surface area contributed by atoms with E-state index in [9.17, 15) is 9.18 Å². The highest BCUT2D eigenvalue weighted by Gasteiger charge is 2.10. The SMILES string of the molecule is N#Cc1ncccc1COc1ccc(C(=O)O)cc1F. The summed E-state index contributed by atoms with van der Waals surface area (Å²) in [6.45, 7) is -0.0277. The van der Waals surface area contributed by atoms with Gasteiger partial charge in [0, 0.05) is 11.8 Å². The van der Waals surface area contributed by atoms with Crippen LogP contribution in [0.2, 0.25) is 0 Å². The molecule has 0 fully saturated rings. The summed E-state index contributed by atoms with van der Waals surface area (Å²) in [4.78, 5) is 14.5. The molecular formula is C14H9FN2O3. The fraction of sp³-hybridized carbons (Fsp3) is 0.0714. The van der Waals surface area contributed by atoms with Crippen molar-refractivity contribution in [2.24, 2.45) is 0 Å². The Morgan fingerprint density at radius 3 is 2.90 bits per heavy atom. The molecule has 6 heteroatoms. The number of nitrogens with zero attached hydrogens (tertiary/aromatic N) is 2. The first-order valence-corrected chi connectivity index (χ1v) is 5.61. The fourth-order valence-corrected chi connectivity index (χ4v) is 1.56. The molecule has 5 nitrogen and oxygen atoms in total. The number of ether oxygens (including phenoxy) is 1. The van der Waals surface area contributed by atoms with Gasteiger partial charge in [0.2, 0.25) is 0 Å². The number of hydrogen-bond donors (Lipinski definition) is 1. The van der Waals surface area contributed by atoms with Gasteiger partial charge in [-0.1, -0.05) is 6.07 Å². The second-order valence-corrected chi connectivity index (χ2v) is 3.86. The summed E-state index contributed by atoms with van der Waals surface area (Å²) in [6.07, 6.45) is 1.48. The van der Waals surface area contributed by atoms with Gasteiger partial charge in [0.25, 0.3) is 0 Å². The van der Waals surface area contributed by atoms with E-state index in [2.05, 4.69) is 4.98 Å². The van der Waals surface area contributed by atoms with Gasteiger partial charge in [0.05, 0.1) is 5.56 Å². The molecule has 20 heavy (non-hydrogen) atoms. The third kappa shape index (κ3) is 2.90. The molecule has 0 aliphatic heterocycles. The molecule has 0 atom stereocenters. The Kier molecular flexibility index (Phi) is 3.91. The first-order valence-electron chi connectivity index (χ1n) is 5.61. The van der Waals surface area contributed by atoms with Crippen molar-refractivity contribution >= 4 is 5.97 Å². The van der Waals surface area contributed by atoms with E-state index < -0.39 is 11.8 Å². The number of aromatic nitrogens is 1. The summed E-state index contributed by atoms with van der Waals surface area (Å²) in [7, 11) is 0. The number of halogens is 1. The van der Waals surface area contributed by atoms with Crippen LogP contribution in [0, 0.1) is 17.1 Å². The second-order valence-electron chi connectivity index (χ2n) is 3.86. The van der Waals surface area contributed by atoms with Gasteiger partial charge in [0.15, 0.2) is 11.6 Å². The van der Waals surface area contributed by atoms with Crippen LogP contribution in [-0.2, 0) is 6.61 Å². The zero-order chi connectivity index (χ0) is 14.5. The van der Waals surface area contributed by atoms with Gasteiger partial charge in [-0.3, -0.25) is 0 Å². The van der Waals surface area contributed by atoms with E-state index in [1.165, 1.54) is 18.3 Å². The van der Waals surface area contributed by atoms with E-state index in [4.69, 9.17) is 15.1 Å². The molecule has 0 spiro atoms. The molecule has 0 aliphatic carbocycles. The number of hydrogen-bond acceptors (Lipinski definition) is 4. The van der Waals surface area contributed by atoms with Crippen molar-refractivity contribution < 1.29 is 19.0 Å². The molecule has 1 N–H and O–H groups in total. The van der Waals surface area contributed by atoms with Gasteiger partial charge in [-0.05, 0) is 24.3 Å². The standard InChI is InChI=1S/C14H9FN2O3/c15-11-6-9(14(18)19)3-4-13(11)20-8-10-2-1-5-17-12(10)7-16/h1-6H,8H2,(H,18,19). The topological polar surface area (TPSA) is 83.2 Å². The van der Waals surface area contributed by atoms with Gasteiger partial charge in [-0.15, -0.1) is 0 Å². The minimum absolute atomic E-state index is 0.0277. The lowest BCUT2D eigenvalue weighted by Gasteiger charge is -2.08. The molecule has 0 aliphatic rings. The highest BCUT2D eigenvalue weighted by atomic mass is 19.1. The molecule has 1 aromatic heterocycles. The molecular weight excluding hydrogens is 263 g/mol. The number of aromatic carboxylic acids is 1. The molecule has 2 aromatic rings. The largest absolute Gasteiger partial charge is 0.486 e. The average Bonchev–Trinajstić information content (AvgIpc) is 2.46. The summed E-state index contributed by atoms with van der Waals surface area (Å²) in [5.74, 6) is -2.07. The minimum Gasteiger partial charge on any atom is -0.486 e. The predicted octanol–water partition coefficient (Wildman–Crippen LogP) is 2.37. The van der Waals surface area contributed by atoms with Crippen LogP contribution in [-0.4, -0.2) is 16.1 Å². The Morgan fingerprint density at radius 1 is 1.45 bits per heavy atom. The Hall–Kier alpha value is -2.94.